The summed E-state index contributed by atoms with van der Waals surface area (Å²) >= 11 is 0. The van der Waals surface area contributed by atoms with E-state index >= 15 is 0 Å². The lowest BCUT2D eigenvalue weighted by molar-refractivity contribution is -0.124. The second-order valence-corrected chi connectivity index (χ2v) is 4.55. The van der Waals surface area contributed by atoms with Gasteiger partial charge in [-0.1, -0.05) is 12.1 Å². The SMILES string of the molecule is Nc1ccc(/C=C/C(=O)NC2CCC(=O)NC2)cc1. The number of carbonyl (C=O) groups is 2. The third kappa shape index (κ3) is 4.13. The molecule has 1 fully saturated rings. The Kier molecular flexibility index (Phi) is 4.18. The van der Waals surface area contributed by atoms with Gasteiger partial charge in [0.15, 0.2) is 0 Å². The van der Waals surface area contributed by atoms with E-state index in [0.29, 0.717) is 25.1 Å². The molecule has 1 atom stereocenters. The van der Waals surface area contributed by atoms with E-state index in [4.69, 9.17) is 5.73 Å². The van der Waals surface area contributed by atoms with Gasteiger partial charge in [0.2, 0.25) is 11.8 Å². The van der Waals surface area contributed by atoms with Crippen molar-refractivity contribution in [1.82, 2.24) is 10.6 Å². The van der Waals surface area contributed by atoms with Crippen molar-refractivity contribution in [3.63, 3.8) is 0 Å². The van der Waals surface area contributed by atoms with Crippen LogP contribution in [0.15, 0.2) is 30.3 Å². The van der Waals surface area contributed by atoms with Crippen LogP contribution >= 0.6 is 0 Å². The van der Waals surface area contributed by atoms with Crippen LogP contribution < -0.4 is 16.4 Å². The summed E-state index contributed by atoms with van der Waals surface area (Å²) in [6, 6.07) is 7.28. The molecule has 4 N–H and O–H groups in total. The van der Waals surface area contributed by atoms with Crippen molar-refractivity contribution in [2.24, 2.45) is 0 Å². The van der Waals surface area contributed by atoms with Gasteiger partial charge in [-0.2, -0.15) is 0 Å². The summed E-state index contributed by atoms with van der Waals surface area (Å²) < 4.78 is 0. The molecule has 19 heavy (non-hydrogen) atoms. The van der Waals surface area contributed by atoms with E-state index in [1.165, 1.54) is 6.08 Å². The Balaban J connectivity index is 1.83. The number of benzene rings is 1. The van der Waals surface area contributed by atoms with Gasteiger partial charge in [0.1, 0.15) is 0 Å². The fraction of sp³-hybridized carbons (Fsp3) is 0.286. The maximum Gasteiger partial charge on any atom is 0.244 e. The van der Waals surface area contributed by atoms with Crippen molar-refractivity contribution in [3.8, 4) is 0 Å². The highest BCUT2D eigenvalue weighted by molar-refractivity contribution is 5.92. The highest BCUT2D eigenvalue weighted by Gasteiger charge is 2.18. The first-order chi connectivity index (χ1) is 9.13. The standard InChI is InChI=1S/C14H17N3O2/c15-11-4-1-10(2-5-11)3-7-14(19)17-12-6-8-13(18)16-9-12/h1-5,7,12H,6,8-9,15H2,(H,16,18)(H,17,19)/b7-3+. The zero-order valence-electron chi connectivity index (χ0n) is 10.6. The minimum atomic E-state index is -0.155. The lowest BCUT2D eigenvalue weighted by Gasteiger charge is -2.22. The van der Waals surface area contributed by atoms with Crippen molar-refractivity contribution in [2.75, 3.05) is 12.3 Å². The highest BCUT2D eigenvalue weighted by Crippen LogP contribution is 2.07. The normalized spacial score (nSPS) is 19.2. The van der Waals surface area contributed by atoms with Crippen LogP contribution in [-0.4, -0.2) is 24.4 Å². The zero-order valence-corrected chi connectivity index (χ0v) is 10.6. The van der Waals surface area contributed by atoms with Crippen LogP contribution in [0.4, 0.5) is 5.69 Å². The number of rotatable bonds is 3. The highest BCUT2D eigenvalue weighted by atomic mass is 16.2. The number of hydrogen-bond acceptors (Lipinski definition) is 3. The molecular formula is C14H17N3O2. The van der Waals surface area contributed by atoms with E-state index in [2.05, 4.69) is 10.6 Å². The number of anilines is 1. The molecular weight excluding hydrogens is 242 g/mol. The molecule has 1 aromatic carbocycles. The molecule has 5 nitrogen and oxygen atoms in total. The van der Waals surface area contributed by atoms with E-state index in [9.17, 15) is 9.59 Å². The zero-order chi connectivity index (χ0) is 13.7. The van der Waals surface area contributed by atoms with Crippen LogP contribution in [0.1, 0.15) is 18.4 Å². The average molecular weight is 259 g/mol. The average Bonchev–Trinajstić information content (AvgIpc) is 2.41. The van der Waals surface area contributed by atoms with Crippen molar-refractivity contribution in [2.45, 2.75) is 18.9 Å². The fourth-order valence-corrected chi connectivity index (χ4v) is 1.88. The molecule has 5 heteroatoms. The van der Waals surface area contributed by atoms with Gasteiger partial charge < -0.3 is 16.4 Å². The van der Waals surface area contributed by atoms with Crippen LogP contribution in [0.25, 0.3) is 6.08 Å². The molecule has 0 aromatic heterocycles. The van der Waals surface area contributed by atoms with Gasteiger partial charge in [0, 0.05) is 30.8 Å². The molecule has 1 saturated heterocycles. The fourth-order valence-electron chi connectivity index (χ4n) is 1.88. The first-order valence-corrected chi connectivity index (χ1v) is 6.24. The Morgan fingerprint density at radius 3 is 2.74 bits per heavy atom. The largest absolute Gasteiger partial charge is 0.399 e. The van der Waals surface area contributed by atoms with Crippen molar-refractivity contribution in [1.29, 1.82) is 0 Å². The van der Waals surface area contributed by atoms with E-state index < -0.39 is 0 Å². The molecule has 0 spiro atoms. The Hall–Kier alpha value is -2.30. The Bertz CT molecular complexity index is 484. The molecule has 0 bridgehead atoms. The number of nitrogens with one attached hydrogen (secondary N) is 2. The Labute approximate surface area is 111 Å². The number of nitrogens with two attached hydrogens (primary N) is 1. The van der Waals surface area contributed by atoms with Crippen molar-refractivity contribution < 1.29 is 9.59 Å². The van der Waals surface area contributed by atoms with Gasteiger partial charge in [0.05, 0.1) is 0 Å². The number of nitrogen functional groups attached to an aromatic ring is 1. The van der Waals surface area contributed by atoms with Crippen molar-refractivity contribution >= 4 is 23.6 Å². The first-order valence-electron chi connectivity index (χ1n) is 6.24. The summed E-state index contributed by atoms with van der Waals surface area (Å²) in [5.74, 6) is -0.110. The van der Waals surface area contributed by atoms with Crippen LogP contribution in [-0.2, 0) is 9.59 Å². The summed E-state index contributed by atoms with van der Waals surface area (Å²) in [7, 11) is 0. The minimum Gasteiger partial charge on any atom is -0.399 e. The predicted molar refractivity (Wildman–Crippen MR) is 74.1 cm³/mol. The summed E-state index contributed by atoms with van der Waals surface area (Å²) in [5.41, 5.74) is 7.19. The molecule has 1 heterocycles. The molecule has 0 radical (unpaired) electrons. The molecule has 1 aromatic rings. The molecule has 2 rings (SSSR count). The third-order valence-corrected chi connectivity index (χ3v) is 2.98. The Morgan fingerprint density at radius 2 is 2.11 bits per heavy atom. The molecule has 1 aliphatic rings. The monoisotopic (exact) mass is 259 g/mol. The summed E-state index contributed by atoms with van der Waals surface area (Å²) in [6.45, 7) is 0.500. The van der Waals surface area contributed by atoms with E-state index in [-0.39, 0.29) is 17.9 Å². The van der Waals surface area contributed by atoms with Crippen LogP contribution in [0, 0.1) is 0 Å². The molecule has 1 aliphatic heterocycles. The first kappa shape index (κ1) is 13.1. The van der Waals surface area contributed by atoms with Gasteiger partial charge in [-0.15, -0.1) is 0 Å². The minimum absolute atomic E-state index is 0.0151. The third-order valence-electron chi connectivity index (χ3n) is 2.98. The van der Waals surface area contributed by atoms with E-state index in [1.54, 1.807) is 18.2 Å². The van der Waals surface area contributed by atoms with Gasteiger partial charge in [0.25, 0.3) is 0 Å². The number of hydrogen-bond donors (Lipinski definition) is 3. The van der Waals surface area contributed by atoms with Gasteiger partial charge >= 0.3 is 0 Å². The topological polar surface area (TPSA) is 84.2 Å². The number of amides is 2. The Morgan fingerprint density at radius 1 is 1.37 bits per heavy atom. The summed E-state index contributed by atoms with van der Waals surface area (Å²) in [6.07, 6.45) is 4.37. The maximum atomic E-state index is 11.7. The van der Waals surface area contributed by atoms with E-state index in [1.807, 2.05) is 12.1 Å². The van der Waals surface area contributed by atoms with Crippen LogP contribution in [0.3, 0.4) is 0 Å². The number of carbonyl (C=O) groups excluding carboxylic acids is 2. The summed E-state index contributed by atoms with van der Waals surface area (Å²) in [5, 5.41) is 5.58. The maximum absolute atomic E-state index is 11.7. The van der Waals surface area contributed by atoms with Gasteiger partial charge in [-0.25, -0.2) is 0 Å². The quantitative estimate of drug-likeness (QED) is 0.551. The smallest absolute Gasteiger partial charge is 0.244 e. The van der Waals surface area contributed by atoms with E-state index in [0.717, 1.165) is 5.56 Å². The predicted octanol–water partition coefficient (Wildman–Crippen LogP) is 0.677. The van der Waals surface area contributed by atoms with Crippen LogP contribution in [0.2, 0.25) is 0 Å². The molecule has 2 amide bonds. The molecule has 0 aliphatic carbocycles. The number of piperidine rings is 1. The second-order valence-electron chi connectivity index (χ2n) is 4.55. The lowest BCUT2D eigenvalue weighted by atomic mass is 10.1. The van der Waals surface area contributed by atoms with Gasteiger partial charge in [-0.05, 0) is 30.2 Å². The van der Waals surface area contributed by atoms with Crippen molar-refractivity contribution in [3.05, 3.63) is 35.9 Å². The molecule has 100 valence electrons. The molecule has 1 unspecified atom stereocenters. The molecule has 0 saturated carbocycles. The van der Waals surface area contributed by atoms with Crippen LogP contribution in [0.5, 0.6) is 0 Å². The summed E-state index contributed by atoms with van der Waals surface area (Å²) in [4.78, 5) is 22.7. The lowest BCUT2D eigenvalue weighted by Crippen LogP contribution is -2.47. The second kappa shape index (κ2) is 6.04. The van der Waals surface area contributed by atoms with Gasteiger partial charge in [-0.3, -0.25) is 9.59 Å².